The van der Waals surface area contributed by atoms with E-state index in [1.807, 2.05) is 31.2 Å². The number of fused-ring (bicyclic) bond motifs is 1. The summed E-state index contributed by atoms with van der Waals surface area (Å²) in [5, 5.41) is 0. The van der Waals surface area contributed by atoms with E-state index in [0.29, 0.717) is 12.6 Å². The number of ketones is 1. The maximum atomic E-state index is 12.6. The number of Topliss-reactive ketones (excluding diaryl/α,β-unsaturated/α-hetero) is 1. The summed E-state index contributed by atoms with van der Waals surface area (Å²) in [5.74, 6) is 0.205. The van der Waals surface area contributed by atoms with Crippen LogP contribution in [-0.4, -0.2) is 18.4 Å². The Morgan fingerprint density at radius 2 is 1.86 bits per heavy atom. The van der Waals surface area contributed by atoms with Gasteiger partial charge in [0.15, 0.2) is 5.78 Å². The first-order valence-electron chi connectivity index (χ1n) is 7.60. The Bertz CT molecular complexity index is 662. The van der Waals surface area contributed by atoms with E-state index in [9.17, 15) is 4.79 Å². The van der Waals surface area contributed by atoms with Gasteiger partial charge in [-0.25, -0.2) is 0 Å². The molecule has 3 rings (SSSR count). The standard InChI is InChI=1S/C19H21NO/c1-14-7-3-5-9-17(14)19(21)13-20-15(2)11-12-16-8-4-6-10-18(16)20/h3-10,15H,11-13H2,1-2H3. The molecule has 2 nitrogen and oxygen atoms in total. The van der Waals surface area contributed by atoms with Gasteiger partial charge in [-0.1, -0.05) is 42.5 Å². The first kappa shape index (κ1) is 13.9. The molecule has 21 heavy (non-hydrogen) atoms. The lowest BCUT2D eigenvalue weighted by molar-refractivity contribution is 0.0995. The molecule has 0 spiro atoms. The Kier molecular flexibility index (Phi) is 3.78. The third-order valence-electron chi connectivity index (χ3n) is 4.42. The van der Waals surface area contributed by atoms with Crippen LogP contribution in [-0.2, 0) is 6.42 Å². The minimum atomic E-state index is 0.205. The van der Waals surface area contributed by atoms with E-state index in [1.54, 1.807) is 0 Å². The average molecular weight is 279 g/mol. The van der Waals surface area contributed by atoms with Crippen LogP contribution >= 0.6 is 0 Å². The normalized spacial score (nSPS) is 17.4. The van der Waals surface area contributed by atoms with Crippen LogP contribution in [0, 0.1) is 6.92 Å². The molecule has 0 aromatic heterocycles. The van der Waals surface area contributed by atoms with Crippen molar-refractivity contribution in [3.05, 3.63) is 65.2 Å². The van der Waals surface area contributed by atoms with Gasteiger partial charge in [0.2, 0.25) is 0 Å². The Labute approximate surface area is 126 Å². The van der Waals surface area contributed by atoms with Crippen molar-refractivity contribution in [3.63, 3.8) is 0 Å². The molecule has 2 aromatic carbocycles. The van der Waals surface area contributed by atoms with Gasteiger partial charge in [0.1, 0.15) is 0 Å². The molecule has 2 aromatic rings. The maximum Gasteiger partial charge on any atom is 0.182 e. The molecule has 108 valence electrons. The SMILES string of the molecule is Cc1ccccc1C(=O)CN1c2ccccc2CCC1C. The second-order valence-electron chi connectivity index (χ2n) is 5.88. The molecule has 1 unspecified atom stereocenters. The highest BCUT2D eigenvalue weighted by Crippen LogP contribution is 2.30. The van der Waals surface area contributed by atoms with Crippen LogP contribution < -0.4 is 4.90 Å². The van der Waals surface area contributed by atoms with Gasteiger partial charge in [-0.05, 0) is 43.9 Å². The molecule has 0 amide bonds. The summed E-state index contributed by atoms with van der Waals surface area (Å²) in [6, 6.07) is 16.7. The Morgan fingerprint density at radius 1 is 1.14 bits per heavy atom. The van der Waals surface area contributed by atoms with Crippen molar-refractivity contribution >= 4 is 11.5 Å². The van der Waals surface area contributed by atoms with E-state index in [-0.39, 0.29) is 5.78 Å². The number of rotatable bonds is 3. The van der Waals surface area contributed by atoms with Crippen molar-refractivity contribution in [1.29, 1.82) is 0 Å². The monoisotopic (exact) mass is 279 g/mol. The summed E-state index contributed by atoms with van der Waals surface area (Å²) in [4.78, 5) is 14.9. The molecule has 1 atom stereocenters. The van der Waals surface area contributed by atoms with E-state index < -0.39 is 0 Å². The molecule has 0 fully saturated rings. The highest BCUT2D eigenvalue weighted by Gasteiger charge is 2.25. The minimum Gasteiger partial charge on any atom is -0.361 e. The highest BCUT2D eigenvalue weighted by atomic mass is 16.1. The van der Waals surface area contributed by atoms with Gasteiger partial charge >= 0.3 is 0 Å². The zero-order chi connectivity index (χ0) is 14.8. The first-order valence-corrected chi connectivity index (χ1v) is 7.60. The third-order valence-corrected chi connectivity index (χ3v) is 4.42. The quantitative estimate of drug-likeness (QED) is 0.791. The van der Waals surface area contributed by atoms with E-state index in [0.717, 1.165) is 24.0 Å². The van der Waals surface area contributed by atoms with Gasteiger partial charge in [-0.2, -0.15) is 0 Å². The molecule has 1 aliphatic rings. The van der Waals surface area contributed by atoms with Crippen molar-refractivity contribution in [2.75, 3.05) is 11.4 Å². The van der Waals surface area contributed by atoms with Crippen LogP contribution in [0.15, 0.2) is 48.5 Å². The van der Waals surface area contributed by atoms with Crippen molar-refractivity contribution in [2.24, 2.45) is 0 Å². The average Bonchev–Trinajstić information content (AvgIpc) is 2.50. The van der Waals surface area contributed by atoms with Crippen molar-refractivity contribution in [1.82, 2.24) is 0 Å². The number of para-hydroxylation sites is 1. The summed E-state index contributed by atoms with van der Waals surface area (Å²) in [6.07, 6.45) is 2.21. The van der Waals surface area contributed by atoms with Gasteiger partial charge < -0.3 is 4.90 Å². The van der Waals surface area contributed by atoms with Crippen LogP contribution in [0.3, 0.4) is 0 Å². The number of benzene rings is 2. The van der Waals surface area contributed by atoms with Gasteiger partial charge in [-0.15, -0.1) is 0 Å². The molecule has 1 aliphatic heterocycles. The van der Waals surface area contributed by atoms with Crippen molar-refractivity contribution in [2.45, 2.75) is 32.7 Å². The summed E-state index contributed by atoms with van der Waals surface area (Å²) in [5.41, 5.74) is 4.47. The second-order valence-corrected chi connectivity index (χ2v) is 5.88. The van der Waals surface area contributed by atoms with Gasteiger partial charge in [0, 0.05) is 17.3 Å². The fourth-order valence-electron chi connectivity index (χ4n) is 3.13. The Morgan fingerprint density at radius 3 is 2.67 bits per heavy atom. The zero-order valence-corrected chi connectivity index (χ0v) is 12.7. The fourth-order valence-corrected chi connectivity index (χ4v) is 3.13. The number of carbonyl (C=O) groups excluding carboxylic acids is 1. The lowest BCUT2D eigenvalue weighted by Gasteiger charge is -2.36. The predicted molar refractivity (Wildman–Crippen MR) is 87.1 cm³/mol. The fraction of sp³-hybridized carbons (Fsp3) is 0.316. The summed E-state index contributed by atoms with van der Waals surface area (Å²) >= 11 is 0. The number of hydrogen-bond donors (Lipinski definition) is 0. The molecule has 0 saturated heterocycles. The number of anilines is 1. The highest BCUT2D eigenvalue weighted by molar-refractivity contribution is 6.00. The maximum absolute atomic E-state index is 12.6. The lowest BCUT2D eigenvalue weighted by atomic mass is 9.95. The van der Waals surface area contributed by atoms with Gasteiger partial charge in [-0.3, -0.25) is 4.79 Å². The second kappa shape index (κ2) is 5.72. The van der Waals surface area contributed by atoms with E-state index in [4.69, 9.17) is 0 Å². The van der Waals surface area contributed by atoms with Gasteiger partial charge in [0.25, 0.3) is 0 Å². The predicted octanol–water partition coefficient (Wildman–Crippen LogP) is 4.02. The topological polar surface area (TPSA) is 20.3 Å². The number of nitrogens with zero attached hydrogens (tertiary/aromatic N) is 1. The smallest absolute Gasteiger partial charge is 0.182 e. The summed E-state index contributed by atoms with van der Waals surface area (Å²) < 4.78 is 0. The molecular formula is C19H21NO. The zero-order valence-electron chi connectivity index (χ0n) is 12.7. The molecule has 0 bridgehead atoms. The van der Waals surface area contributed by atoms with Crippen molar-refractivity contribution in [3.8, 4) is 0 Å². The van der Waals surface area contributed by atoms with Crippen LogP contribution in [0.1, 0.15) is 34.8 Å². The molecular weight excluding hydrogens is 258 g/mol. The summed E-state index contributed by atoms with van der Waals surface area (Å²) in [6.45, 7) is 4.67. The van der Waals surface area contributed by atoms with Gasteiger partial charge in [0.05, 0.1) is 6.54 Å². The van der Waals surface area contributed by atoms with E-state index in [2.05, 4.69) is 36.1 Å². The number of carbonyl (C=O) groups is 1. The van der Waals surface area contributed by atoms with Crippen LogP contribution in [0.25, 0.3) is 0 Å². The molecule has 0 saturated carbocycles. The number of hydrogen-bond acceptors (Lipinski definition) is 2. The minimum absolute atomic E-state index is 0.205. The van der Waals surface area contributed by atoms with E-state index in [1.165, 1.54) is 11.3 Å². The van der Waals surface area contributed by atoms with Crippen LogP contribution in [0.2, 0.25) is 0 Å². The van der Waals surface area contributed by atoms with Crippen LogP contribution in [0.4, 0.5) is 5.69 Å². The first-order chi connectivity index (χ1) is 10.2. The molecule has 1 heterocycles. The van der Waals surface area contributed by atoms with Crippen molar-refractivity contribution < 1.29 is 4.79 Å². The lowest BCUT2D eigenvalue weighted by Crippen LogP contribution is -2.41. The van der Waals surface area contributed by atoms with Crippen LogP contribution in [0.5, 0.6) is 0 Å². The molecule has 2 heteroatoms. The van der Waals surface area contributed by atoms with E-state index >= 15 is 0 Å². The summed E-state index contributed by atoms with van der Waals surface area (Å²) in [7, 11) is 0. The largest absolute Gasteiger partial charge is 0.361 e. The molecule has 0 aliphatic carbocycles. The molecule has 0 N–H and O–H groups in total. The number of aryl methyl sites for hydroxylation is 2. The Balaban J connectivity index is 1.88. The third kappa shape index (κ3) is 2.71. The molecule has 0 radical (unpaired) electrons. The Hall–Kier alpha value is -2.09.